The van der Waals surface area contributed by atoms with Gasteiger partial charge in [-0.05, 0) is 30.7 Å². The lowest BCUT2D eigenvalue weighted by molar-refractivity contribution is -0.143. The van der Waals surface area contributed by atoms with Crippen LogP contribution in [0.15, 0.2) is 18.2 Å². The van der Waals surface area contributed by atoms with Crippen LogP contribution < -0.4 is 14.8 Å². The number of rotatable bonds is 5. The molecule has 0 spiro atoms. The van der Waals surface area contributed by atoms with Gasteiger partial charge in [0.1, 0.15) is 19.3 Å². The molecule has 1 aromatic rings. The minimum atomic E-state index is -0.472. The maximum absolute atomic E-state index is 11.8. The molecule has 104 valence electrons. The zero-order chi connectivity index (χ0) is 13.7. The number of fused-ring (bicyclic) bond motifs is 1. The van der Waals surface area contributed by atoms with Gasteiger partial charge in [-0.1, -0.05) is 13.0 Å². The van der Waals surface area contributed by atoms with E-state index in [2.05, 4.69) is 5.32 Å². The molecule has 0 aromatic heterocycles. The van der Waals surface area contributed by atoms with Gasteiger partial charge in [-0.25, -0.2) is 4.79 Å². The third-order valence-corrected chi connectivity index (χ3v) is 2.93. The van der Waals surface area contributed by atoms with E-state index in [0.717, 1.165) is 18.5 Å². The van der Waals surface area contributed by atoms with E-state index in [-0.39, 0.29) is 5.97 Å². The molecule has 2 rings (SSSR count). The first-order valence-corrected chi connectivity index (χ1v) is 6.47. The van der Waals surface area contributed by atoms with Gasteiger partial charge in [-0.3, -0.25) is 0 Å². The molecule has 5 nitrogen and oxygen atoms in total. The van der Waals surface area contributed by atoms with Crippen molar-refractivity contribution >= 4 is 5.97 Å². The second-order valence-electron chi connectivity index (χ2n) is 4.31. The predicted octanol–water partition coefficient (Wildman–Crippen LogP) is 1.67. The summed E-state index contributed by atoms with van der Waals surface area (Å²) in [6.07, 6.45) is 0.943. The van der Waals surface area contributed by atoms with Crippen LogP contribution in [0.5, 0.6) is 11.5 Å². The van der Waals surface area contributed by atoms with Gasteiger partial charge in [-0.15, -0.1) is 0 Å². The van der Waals surface area contributed by atoms with Crippen LogP contribution in [-0.4, -0.2) is 32.8 Å². The Morgan fingerprint density at radius 2 is 2.11 bits per heavy atom. The Hall–Kier alpha value is -1.75. The van der Waals surface area contributed by atoms with Crippen molar-refractivity contribution in [2.75, 3.05) is 26.9 Å². The van der Waals surface area contributed by atoms with Crippen molar-refractivity contribution in [1.29, 1.82) is 0 Å². The molecule has 0 radical (unpaired) electrons. The highest BCUT2D eigenvalue weighted by Crippen LogP contribution is 2.32. The summed E-state index contributed by atoms with van der Waals surface area (Å²) in [4.78, 5) is 11.8. The third-order valence-electron chi connectivity index (χ3n) is 2.93. The Bertz CT molecular complexity index is 447. The zero-order valence-corrected chi connectivity index (χ0v) is 11.3. The first-order chi connectivity index (χ1) is 9.26. The molecule has 0 amide bonds. The van der Waals surface area contributed by atoms with Crippen molar-refractivity contribution in [2.45, 2.75) is 19.4 Å². The van der Waals surface area contributed by atoms with Crippen LogP contribution in [0, 0.1) is 0 Å². The van der Waals surface area contributed by atoms with E-state index < -0.39 is 6.04 Å². The molecule has 1 aromatic carbocycles. The summed E-state index contributed by atoms with van der Waals surface area (Å²) in [6.45, 7) is 3.88. The molecular formula is C14H19NO4. The summed E-state index contributed by atoms with van der Waals surface area (Å²) in [5, 5.41) is 3.17. The molecule has 1 aliphatic heterocycles. The van der Waals surface area contributed by atoms with Crippen LogP contribution in [0.4, 0.5) is 0 Å². The van der Waals surface area contributed by atoms with E-state index in [0.29, 0.717) is 24.7 Å². The second-order valence-corrected chi connectivity index (χ2v) is 4.31. The first kappa shape index (κ1) is 13.7. The van der Waals surface area contributed by atoms with Crippen LogP contribution in [0.3, 0.4) is 0 Å². The Morgan fingerprint density at radius 1 is 1.37 bits per heavy atom. The summed E-state index contributed by atoms with van der Waals surface area (Å²) < 4.78 is 15.8. The summed E-state index contributed by atoms with van der Waals surface area (Å²) in [5.74, 6) is 1.09. The first-order valence-electron chi connectivity index (χ1n) is 6.47. The number of carbonyl (C=O) groups is 1. The summed E-state index contributed by atoms with van der Waals surface area (Å²) in [6, 6.07) is 5.05. The van der Waals surface area contributed by atoms with E-state index in [1.54, 1.807) is 0 Å². The summed E-state index contributed by atoms with van der Waals surface area (Å²) in [5.41, 5.74) is 0.824. The summed E-state index contributed by atoms with van der Waals surface area (Å²) >= 11 is 0. The fourth-order valence-electron chi connectivity index (χ4n) is 1.98. The number of benzene rings is 1. The van der Waals surface area contributed by atoms with Crippen molar-refractivity contribution in [2.24, 2.45) is 0 Å². The van der Waals surface area contributed by atoms with Crippen LogP contribution in [0.1, 0.15) is 24.9 Å². The Morgan fingerprint density at radius 3 is 2.79 bits per heavy atom. The van der Waals surface area contributed by atoms with Crippen LogP contribution >= 0.6 is 0 Å². The average Bonchev–Trinajstić information content (AvgIpc) is 2.47. The van der Waals surface area contributed by atoms with Gasteiger partial charge in [0.05, 0.1) is 7.11 Å². The largest absolute Gasteiger partial charge is 0.486 e. The van der Waals surface area contributed by atoms with Crippen LogP contribution in [0.25, 0.3) is 0 Å². The van der Waals surface area contributed by atoms with E-state index in [4.69, 9.17) is 14.2 Å². The fourth-order valence-corrected chi connectivity index (χ4v) is 1.98. The molecule has 5 heteroatoms. The lowest BCUT2D eigenvalue weighted by Crippen LogP contribution is -2.30. The Balaban J connectivity index is 2.22. The minimum absolute atomic E-state index is 0.301. The monoisotopic (exact) mass is 265 g/mol. The van der Waals surface area contributed by atoms with Crippen molar-refractivity contribution in [1.82, 2.24) is 5.32 Å². The Labute approximate surface area is 112 Å². The molecular weight excluding hydrogens is 246 g/mol. The highest BCUT2D eigenvalue weighted by molar-refractivity contribution is 5.78. The fraction of sp³-hybridized carbons (Fsp3) is 0.500. The molecule has 0 saturated carbocycles. The van der Waals surface area contributed by atoms with Gasteiger partial charge < -0.3 is 19.5 Å². The molecule has 0 bridgehead atoms. The second kappa shape index (κ2) is 6.43. The predicted molar refractivity (Wildman–Crippen MR) is 70.5 cm³/mol. The number of methoxy groups -OCH3 is 1. The standard InChI is InChI=1S/C14H19NO4/c1-3-6-15-13(14(16)17-2)10-4-5-11-12(9-10)19-8-7-18-11/h4-5,9,13,15H,3,6-8H2,1-2H3. The zero-order valence-electron chi connectivity index (χ0n) is 11.3. The molecule has 1 aliphatic rings. The molecule has 19 heavy (non-hydrogen) atoms. The van der Waals surface area contributed by atoms with Crippen LogP contribution in [-0.2, 0) is 9.53 Å². The van der Waals surface area contributed by atoms with Gasteiger partial charge in [0.25, 0.3) is 0 Å². The topological polar surface area (TPSA) is 56.8 Å². The third kappa shape index (κ3) is 3.17. The van der Waals surface area contributed by atoms with Gasteiger partial charge in [0.2, 0.25) is 0 Å². The Kier molecular flexibility index (Phi) is 4.63. The SMILES string of the molecule is CCCNC(C(=O)OC)c1ccc2c(c1)OCCO2. The normalized spacial score (nSPS) is 14.8. The quantitative estimate of drug-likeness (QED) is 0.821. The van der Waals surface area contributed by atoms with Gasteiger partial charge >= 0.3 is 5.97 Å². The maximum Gasteiger partial charge on any atom is 0.327 e. The van der Waals surface area contributed by atoms with E-state index in [9.17, 15) is 4.79 Å². The van der Waals surface area contributed by atoms with Gasteiger partial charge in [-0.2, -0.15) is 0 Å². The smallest absolute Gasteiger partial charge is 0.327 e. The highest BCUT2D eigenvalue weighted by Gasteiger charge is 2.23. The molecule has 0 saturated heterocycles. The molecule has 1 atom stereocenters. The number of nitrogens with one attached hydrogen (secondary N) is 1. The lowest BCUT2D eigenvalue weighted by Gasteiger charge is -2.21. The number of ether oxygens (including phenoxy) is 3. The molecule has 1 N–H and O–H groups in total. The molecule has 0 fully saturated rings. The van der Waals surface area contributed by atoms with E-state index in [1.807, 2.05) is 25.1 Å². The van der Waals surface area contributed by atoms with E-state index >= 15 is 0 Å². The average molecular weight is 265 g/mol. The maximum atomic E-state index is 11.8. The van der Waals surface area contributed by atoms with E-state index in [1.165, 1.54) is 7.11 Å². The van der Waals surface area contributed by atoms with Gasteiger partial charge in [0, 0.05) is 0 Å². The number of hydrogen-bond acceptors (Lipinski definition) is 5. The summed E-state index contributed by atoms with van der Waals surface area (Å²) in [7, 11) is 1.39. The molecule has 0 aliphatic carbocycles. The number of carbonyl (C=O) groups excluding carboxylic acids is 1. The van der Waals surface area contributed by atoms with Crippen LogP contribution in [0.2, 0.25) is 0 Å². The number of esters is 1. The van der Waals surface area contributed by atoms with Crippen molar-refractivity contribution in [3.05, 3.63) is 23.8 Å². The molecule has 1 unspecified atom stereocenters. The van der Waals surface area contributed by atoms with Gasteiger partial charge in [0.15, 0.2) is 11.5 Å². The lowest BCUT2D eigenvalue weighted by atomic mass is 10.1. The minimum Gasteiger partial charge on any atom is -0.486 e. The van der Waals surface area contributed by atoms with Crippen molar-refractivity contribution < 1.29 is 19.0 Å². The number of hydrogen-bond donors (Lipinski definition) is 1. The van der Waals surface area contributed by atoms with Crippen molar-refractivity contribution in [3.63, 3.8) is 0 Å². The highest BCUT2D eigenvalue weighted by atomic mass is 16.6. The van der Waals surface area contributed by atoms with Crippen molar-refractivity contribution in [3.8, 4) is 11.5 Å². The molecule has 1 heterocycles.